The third-order valence-electron chi connectivity index (χ3n) is 5.79. The number of amides is 2. The van der Waals surface area contributed by atoms with E-state index in [0.717, 1.165) is 32.1 Å². The van der Waals surface area contributed by atoms with Crippen LogP contribution in [0.5, 0.6) is 0 Å². The van der Waals surface area contributed by atoms with Crippen LogP contribution in [-0.4, -0.2) is 41.1 Å². The smallest absolute Gasteiger partial charge is 0.243 e. The van der Waals surface area contributed by atoms with E-state index in [4.69, 9.17) is 0 Å². The molecule has 1 aromatic rings. The minimum Gasteiger partial charge on any atom is -0.352 e. The zero-order chi connectivity index (χ0) is 19.9. The van der Waals surface area contributed by atoms with Crippen LogP contribution in [-0.2, 0) is 9.59 Å². The molecular weight excluding hydrogens is 359 g/mol. The summed E-state index contributed by atoms with van der Waals surface area (Å²) in [5.41, 5.74) is 0.458. The van der Waals surface area contributed by atoms with Gasteiger partial charge < -0.3 is 10.2 Å². The molecule has 28 heavy (non-hydrogen) atoms. The molecule has 2 fully saturated rings. The first-order valence-corrected chi connectivity index (χ1v) is 10.4. The highest BCUT2D eigenvalue weighted by Gasteiger charge is 2.34. The van der Waals surface area contributed by atoms with Gasteiger partial charge in [0, 0.05) is 31.0 Å². The number of likely N-dealkylation sites (tertiary alicyclic amines) is 1. The Morgan fingerprint density at radius 1 is 0.964 bits per heavy atom. The van der Waals surface area contributed by atoms with Gasteiger partial charge in [0.15, 0.2) is 5.78 Å². The highest BCUT2D eigenvalue weighted by atomic mass is 19.1. The Bertz CT molecular complexity index is 698. The summed E-state index contributed by atoms with van der Waals surface area (Å²) < 4.78 is 12.9. The first-order chi connectivity index (χ1) is 13.5. The Balaban J connectivity index is 1.45. The zero-order valence-corrected chi connectivity index (χ0v) is 16.3. The molecule has 0 radical (unpaired) electrons. The van der Waals surface area contributed by atoms with E-state index in [-0.39, 0.29) is 48.3 Å². The van der Waals surface area contributed by atoms with Crippen molar-refractivity contribution < 1.29 is 18.8 Å². The Kier molecular flexibility index (Phi) is 7.18. The number of carbonyl (C=O) groups is 3. The molecular formula is C22H29FN2O3. The molecule has 2 amide bonds. The number of ketones is 1. The van der Waals surface area contributed by atoms with Crippen molar-refractivity contribution in [1.29, 1.82) is 0 Å². The van der Waals surface area contributed by atoms with E-state index in [9.17, 15) is 18.8 Å². The lowest BCUT2D eigenvalue weighted by Gasteiger charge is -2.28. The molecule has 1 aromatic carbocycles. The van der Waals surface area contributed by atoms with E-state index in [1.807, 2.05) is 0 Å². The number of nitrogens with one attached hydrogen (secondary N) is 1. The molecule has 1 atom stereocenters. The van der Waals surface area contributed by atoms with Crippen LogP contribution in [0, 0.1) is 5.82 Å². The number of hydrogen-bond acceptors (Lipinski definition) is 3. The lowest BCUT2D eigenvalue weighted by atomic mass is 9.95. The molecule has 0 bridgehead atoms. The minimum atomic E-state index is -0.377. The summed E-state index contributed by atoms with van der Waals surface area (Å²) in [6, 6.07) is 5.32. The standard InChI is InChI=1S/C22H29FN2O3/c23-17-13-11-16(12-14-17)20(26)9-4-10-21(27)25-15-5-8-19(25)22(28)24-18-6-2-1-3-7-18/h11-14,18-19H,1-10,15H2,(H,24,28)/t19-/m0/s1. The van der Waals surface area contributed by atoms with Crippen LogP contribution >= 0.6 is 0 Å². The van der Waals surface area contributed by atoms with Crippen molar-refractivity contribution in [3.8, 4) is 0 Å². The summed E-state index contributed by atoms with van der Waals surface area (Å²) in [5, 5.41) is 3.13. The molecule has 0 aromatic heterocycles. The number of carbonyl (C=O) groups excluding carboxylic acids is 3. The van der Waals surface area contributed by atoms with Crippen molar-refractivity contribution >= 4 is 17.6 Å². The second-order valence-corrected chi connectivity index (χ2v) is 7.87. The molecule has 3 rings (SSSR count). The Hall–Kier alpha value is -2.24. The van der Waals surface area contributed by atoms with Gasteiger partial charge in [0.2, 0.25) is 11.8 Å². The summed E-state index contributed by atoms with van der Waals surface area (Å²) in [6.07, 6.45) is 8.06. The van der Waals surface area contributed by atoms with E-state index < -0.39 is 0 Å². The third-order valence-corrected chi connectivity index (χ3v) is 5.79. The fourth-order valence-corrected chi connectivity index (χ4v) is 4.21. The lowest BCUT2D eigenvalue weighted by Crippen LogP contribution is -2.49. The second kappa shape index (κ2) is 9.80. The molecule has 6 heteroatoms. The summed E-state index contributed by atoms with van der Waals surface area (Å²) in [6.45, 7) is 0.605. The fraction of sp³-hybridized carbons (Fsp3) is 0.591. The van der Waals surface area contributed by atoms with Crippen molar-refractivity contribution in [2.24, 2.45) is 0 Å². The summed E-state index contributed by atoms with van der Waals surface area (Å²) in [4.78, 5) is 39.1. The van der Waals surface area contributed by atoms with Gasteiger partial charge in [-0.1, -0.05) is 19.3 Å². The summed E-state index contributed by atoms with van der Waals surface area (Å²) >= 11 is 0. The van der Waals surface area contributed by atoms with E-state index in [1.54, 1.807) is 4.90 Å². The quantitative estimate of drug-likeness (QED) is 0.726. The van der Waals surface area contributed by atoms with E-state index in [2.05, 4.69) is 5.32 Å². The van der Waals surface area contributed by atoms with Crippen LogP contribution < -0.4 is 5.32 Å². The molecule has 1 aliphatic carbocycles. The van der Waals surface area contributed by atoms with E-state index >= 15 is 0 Å². The highest BCUT2D eigenvalue weighted by molar-refractivity contribution is 5.96. The van der Waals surface area contributed by atoms with Crippen LogP contribution in [0.4, 0.5) is 4.39 Å². The van der Waals surface area contributed by atoms with Crippen molar-refractivity contribution in [1.82, 2.24) is 10.2 Å². The maximum Gasteiger partial charge on any atom is 0.243 e. The van der Waals surface area contributed by atoms with Crippen molar-refractivity contribution in [3.63, 3.8) is 0 Å². The molecule has 1 heterocycles. The molecule has 0 unspecified atom stereocenters. The Labute approximate surface area is 165 Å². The Morgan fingerprint density at radius 3 is 2.39 bits per heavy atom. The molecule has 5 nitrogen and oxygen atoms in total. The van der Waals surface area contributed by atoms with Crippen molar-refractivity contribution in [2.75, 3.05) is 6.54 Å². The van der Waals surface area contributed by atoms with Gasteiger partial charge in [0.25, 0.3) is 0 Å². The molecule has 2 aliphatic rings. The largest absolute Gasteiger partial charge is 0.352 e. The lowest BCUT2D eigenvalue weighted by molar-refractivity contribution is -0.138. The number of Topliss-reactive ketones (excluding diaryl/α,β-unsaturated/α-hetero) is 1. The van der Waals surface area contributed by atoms with Gasteiger partial charge in [0.05, 0.1) is 0 Å². The number of rotatable bonds is 7. The van der Waals surface area contributed by atoms with Crippen molar-refractivity contribution in [3.05, 3.63) is 35.6 Å². The van der Waals surface area contributed by atoms with Gasteiger partial charge in [-0.2, -0.15) is 0 Å². The number of benzene rings is 1. The van der Waals surface area contributed by atoms with Crippen LogP contribution in [0.3, 0.4) is 0 Å². The zero-order valence-electron chi connectivity index (χ0n) is 16.3. The van der Waals surface area contributed by atoms with Crippen LogP contribution in [0.2, 0.25) is 0 Å². The second-order valence-electron chi connectivity index (χ2n) is 7.87. The SMILES string of the molecule is O=C(CCCC(=O)N1CCC[C@H]1C(=O)NC1CCCCC1)c1ccc(F)cc1. The summed E-state index contributed by atoms with van der Waals surface area (Å²) in [7, 11) is 0. The van der Waals surface area contributed by atoms with E-state index in [1.165, 1.54) is 30.7 Å². The molecule has 1 N–H and O–H groups in total. The average Bonchev–Trinajstić information content (AvgIpc) is 3.19. The molecule has 1 aliphatic heterocycles. The average molecular weight is 388 g/mol. The van der Waals surface area contributed by atoms with Crippen molar-refractivity contribution in [2.45, 2.75) is 76.3 Å². The van der Waals surface area contributed by atoms with Crippen LogP contribution in [0.1, 0.15) is 74.6 Å². The predicted octanol–water partition coefficient (Wildman–Crippen LogP) is 3.62. The minimum absolute atomic E-state index is 0.0276. The van der Waals surface area contributed by atoms with Gasteiger partial charge in [-0.05, 0) is 56.4 Å². The first kappa shape index (κ1) is 20.5. The van der Waals surface area contributed by atoms with Gasteiger partial charge in [-0.15, -0.1) is 0 Å². The topological polar surface area (TPSA) is 66.5 Å². The first-order valence-electron chi connectivity index (χ1n) is 10.4. The van der Waals surface area contributed by atoms with Gasteiger partial charge in [-0.25, -0.2) is 4.39 Å². The maximum absolute atomic E-state index is 12.9. The van der Waals surface area contributed by atoms with Gasteiger partial charge >= 0.3 is 0 Å². The maximum atomic E-state index is 12.9. The van der Waals surface area contributed by atoms with Crippen LogP contribution in [0.15, 0.2) is 24.3 Å². The third kappa shape index (κ3) is 5.40. The van der Waals surface area contributed by atoms with Gasteiger partial charge in [0.1, 0.15) is 11.9 Å². The molecule has 0 spiro atoms. The monoisotopic (exact) mass is 388 g/mol. The summed E-state index contributed by atoms with van der Waals surface area (Å²) in [5.74, 6) is -0.563. The van der Waals surface area contributed by atoms with Gasteiger partial charge in [-0.3, -0.25) is 14.4 Å². The van der Waals surface area contributed by atoms with E-state index in [0.29, 0.717) is 24.9 Å². The molecule has 152 valence electrons. The van der Waals surface area contributed by atoms with Crippen LogP contribution in [0.25, 0.3) is 0 Å². The molecule has 1 saturated heterocycles. The predicted molar refractivity (Wildman–Crippen MR) is 104 cm³/mol. The molecule has 1 saturated carbocycles. The Morgan fingerprint density at radius 2 is 1.68 bits per heavy atom. The highest BCUT2D eigenvalue weighted by Crippen LogP contribution is 2.22. The fourth-order valence-electron chi connectivity index (χ4n) is 4.21. The normalized spacial score (nSPS) is 20.2. The number of halogens is 1. The number of hydrogen-bond donors (Lipinski definition) is 1. The number of nitrogens with zero attached hydrogens (tertiary/aromatic N) is 1.